The second-order valence-corrected chi connectivity index (χ2v) is 12.8. The van der Waals surface area contributed by atoms with E-state index in [1.165, 1.54) is 34.9 Å². The number of amides is 1. The average Bonchev–Trinajstić information content (AvgIpc) is 3.42. The predicted molar refractivity (Wildman–Crippen MR) is 165 cm³/mol. The summed E-state index contributed by atoms with van der Waals surface area (Å²) < 4.78 is 13.0. The predicted octanol–water partition coefficient (Wildman–Crippen LogP) is 3.09. The van der Waals surface area contributed by atoms with Crippen LogP contribution < -0.4 is 19.3 Å². The van der Waals surface area contributed by atoms with Crippen molar-refractivity contribution >= 4 is 17.3 Å². The molecule has 6 heterocycles. The smallest absolute Gasteiger partial charge is 0.259 e. The maximum atomic E-state index is 12.6. The van der Waals surface area contributed by atoms with Gasteiger partial charge in [-0.3, -0.25) is 4.79 Å². The third-order valence-electron chi connectivity index (χ3n) is 10.1. The van der Waals surface area contributed by atoms with Crippen molar-refractivity contribution in [1.82, 2.24) is 19.7 Å². The lowest BCUT2D eigenvalue weighted by Crippen LogP contribution is -2.62. The number of carbonyl (C=O) groups excluding carboxylic acids is 1. The molecular formula is C33H44N6O3. The van der Waals surface area contributed by atoms with Gasteiger partial charge in [-0.25, -0.2) is 4.98 Å². The summed E-state index contributed by atoms with van der Waals surface area (Å²) in [5.41, 5.74) is 7.77. The van der Waals surface area contributed by atoms with Gasteiger partial charge in [0.05, 0.1) is 24.0 Å². The summed E-state index contributed by atoms with van der Waals surface area (Å²) >= 11 is 0. The summed E-state index contributed by atoms with van der Waals surface area (Å²) in [7, 11) is 4.38. The Balaban J connectivity index is 1.24. The number of rotatable bonds is 5. The maximum Gasteiger partial charge on any atom is 0.259 e. The quantitative estimate of drug-likeness (QED) is 0.507. The highest BCUT2D eigenvalue weighted by Gasteiger charge is 2.42. The van der Waals surface area contributed by atoms with E-state index in [9.17, 15) is 4.79 Å². The van der Waals surface area contributed by atoms with Crippen molar-refractivity contribution in [2.24, 2.45) is 0 Å². The number of ether oxygens (including phenoxy) is 2. The normalized spacial score (nSPS) is 25.7. The first-order valence-electron chi connectivity index (χ1n) is 15.7. The molecule has 0 radical (unpaired) electrons. The van der Waals surface area contributed by atoms with Crippen molar-refractivity contribution in [2.75, 3.05) is 69.8 Å². The molecular weight excluding hydrogens is 528 g/mol. The highest BCUT2D eigenvalue weighted by atomic mass is 16.5. The molecule has 2 saturated heterocycles. The monoisotopic (exact) mass is 572 g/mol. The van der Waals surface area contributed by atoms with E-state index in [-0.39, 0.29) is 18.0 Å². The van der Waals surface area contributed by atoms with E-state index in [1.807, 2.05) is 4.90 Å². The Kier molecular flexibility index (Phi) is 7.26. The molecule has 42 heavy (non-hydrogen) atoms. The molecule has 0 unspecified atom stereocenters. The summed E-state index contributed by atoms with van der Waals surface area (Å²) in [5.74, 6) is 1.40. The number of piperazine rings is 1. The summed E-state index contributed by atoms with van der Waals surface area (Å²) in [4.78, 5) is 29.5. The molecule has 5 aliphatic heterocycles. The molecule has 1 aromatic carbocycles. The lowest BCUT2D eigenvalue weighted by atomic mass is 9.94. The summed E-state index contributed by atoms with van der Waals surface area (Å²) in [6.07, 6.45) is 5.75. The van der Waals surface area contributed by atoms with E-state index < -0.39 is 0 Å². The molecule has 0 saturated carbocycles. The van der Waals surface area contributed by atoms with Gasteiger partial charge in [0, 0.05) is 56.1 Å². The number of pyridine rings is 1. The van der Waals surface area contributed by atoms with Gasteiger partial charge in [0.2, 0.25) is 11.7 Å². The number of hydrogen-bond donors (Lipinski definition) is 0. The Morgan fingerprint density at radius 2 is 2.00 bits per heavy atom. The van der Waals surface area contributed by atoms with E-state index in [0.29, 0.717) is 31.7 Å². The number of nitrogens with zero attached hydrogens (tertiary/aromatic N) is 6. The topological polar surface area (TPSA) is 64.6 Å². The minimum absolute atomic E-state index is 0.0116. The molecule has 9 nitrogen and oxygen atoms in total. The average molecular weight is 573 g/mol. The molecule has 9 heteroatoms. The Morgan fingerprint density at radius 3 is 2.81 bits per heavy atom. The zero-order valence-electron chi connectivity index (χ0n) is 25.3. The van der Waals surface area contributed by atoms with Crippen molar-refractivity contribution in [3.63, 3.8) is 0 Å². The minimum Gasteiger partial charge on any atom is -0.484 e. The first kappa shape index (κ1) is 27.5. The van der Waals surface area contributed by atoms with Crippen LogP contribution in [0.25, 0.3) is 0 Å². The number of anilines is 2. The van der Waals surface area contributed by atoms with E-state index in [0.717, 1.165) is 75.7 Å². The molecule has 0 N–H and O–H groups in total. The van der Waals surface area contributed by atoms with Crippen molar-refractivity contribution < 1.29 is 14.3 Å². The Morgan fingerprint density at radius 1 is 1.14 bits per heavy atom. The zero-order chi connectivity index (χ0) is 29.0. The standard InChI is InChI=1S/C33H44N6O3/c1-5-30(40)38-18-25-21-41-32-31(39(25)16-22(38)2)27-12-15-37(29-10-6-8-23-17-35(3)14-11-26(23)29)19-28(27)34-33(32)42-20-24-9-7-13-36(24)4/h5-6,8,10,22,24-25H,1,7,9,11-21H2,2-4H3/t22-,24+,25-/m1/s1. The van der Waals surface area contributed by atoms with Gasteiger partial charge in [-0.1, -0.05) is 18.7 Å². The number of likely N-dealkylation sites (tertiary alicyclic amines) is 1. The molecule has 1 aromatic heterocycles. The molecule has 2 fully saturated rings. The van der Waals surface area contributed by atoms with Crippen LogP contribution in [0.4, 0.5) is 11.4 Å². The SMILES string of the molecule is C=CC(=O)N1C[C@@H]2COc3c(OC[C@@H]4CCCN4C)nc4c(c3N2C[C@H]1C)CCN(c1cccc2c1CCN(C)C2)C4. The van der Waals surface area contributed by atoms with Crippen molar-refractivity contribution in [3.8, 4) is 11.6 Å². The van der Waals surface area contributed by atoms with Crippen LogP contribution in [0.5, 0.6) is 11.6 Å². The van der Waals surface area contributed by atoms with Crippen LogP contribution in [0.3, 0.4) is 0 Å². The van der Waals surface area contributed by atoms with Crippen LogP contribution in [0.1, 0.15) is 42.1 Å². The number of benzene rings is 1. The molecule has 0 aliphatic carbocycles. The van der Waals surface area contributed by atoms with E-state index in [1.54, 1.807) is 0 Å². The van der Waals surface area contributed by atoms with Crippen LogP contribution in [0.2, 0.25) is 0 Å². The highest BCUT2D eigenvalue weighted by Crippen LogP contribution is 2.47. The van der Waals surface area contributed by atoms with Gasteiger partial charge in [-0.15, -0.1) is 0 Å². The van der Waals surface area contributed by atoms with E-state index in [2.05, 4.69) is 65.4 Å². The largest absolute Gasteiger partial charge is 0.484 e. The fourth-order valence-electron chi connectivity index (χ4n) is 7.70. The zero-order valence-corrected chi connectivity index (χ0v) is 25.3. The Labute approximate surface area is 249 Å². The van der Waals surface area contributed by atoms with E-state index >= 15 is 0 Å². The van der Waals surface area contributed by atoms with Crippen molar-refractivity contribution in [2.45, 2.75) is 63.8 Å². The Hall–Kier alpha value is -3.30. The van der Waals surface area contributed by atoms with Gasteiger partial charge in [0.15, 0.2) is 0 Å². The molecule has 5 aliphatic rings. The maximum absolute atomic E-state index is 12.6. The lowest BCUT2D eigenvalue weighted by molar-refractivity contribution is -0.129. The van der Waals surface area contributed by atoms with Gasteiger partial charge >= 0.3 is 0 Å². The molecule has 224 valence electrons. The van der Waals surface area contributed by atoms with Gasteiger partial charge in [-0.2, -0.15) is 0 Å². The second-order valence-electron chi connectivity index (χ2n) is 12.8. The van der Waals surface area contributed by atoms with Gasteiger partial charge < -0.3 is 34.0 Å². The molecule has 1 amide bonds. The summed E-state index contributed by atoms with van der Waals surface area (Å²) in [6, 6.07) is 7.34. The summed E-state index contributed by atoms with van der Waals surface area (Å²) in [6.45, 7) is 13.3. The highest BCUT2D eigenvalue weighted by molar-refractivity contribution is 5.87. The molecule has 2 aromatic rings. The van der Waals surface area contributed by atoms with Gasteiger partial charge in [0.25, 0.3) is 5.88 Å². The fourth-order valence-corrected chi connectivity index (χ4v) is 7.70. The number of hydrogen-bond acceptors (Lipinski definition) is 8. The second kappa shape index (κ2) is 11.1. The molecule has 0 bridgehead atoms. The third-order valence-corrected chi connectivity index (χ3v) is 10.1. The van der Waals surface area contributed by atoms with Crippen LogP contribution in [-0.2, 0) is 30.7 Å². The molecule has 3 atom stereocenters. The molecule has 7 rings (SSSR count). The van der Waals surface area contributed by atoms with Crippen LogP contribution >= 0.6 is 0 Å². The third kappa shape index (κ3) is 4.80. The first-order chi connectivity index (χ1) is 20.4. The minimum atomic E-state index is -0.0116. The number of likely N-dealkylation sites (N-methyl/N-ethyl adjacent to an activating group) is 2. The van der Waals surface area contributed by atoms with Gasteiger partial charge in [-0.05, 0) is 76.5 Å². The Bertz CT molecular complexity index is 1380. The summed E-state index contributed by atoms with van der Waals surface area (Å²) in [5, 5.41) is 0. The van der Waals surface area contributed by atoms with Gasteiger partial charge in [0.1, 0.15) is 13.2 Å². The van der Waals surface area contributed by atoms with Crippen LogP contribution in [-0.4, -0.2) is 104 Å². The number of fused-ring (bicyclic) bond motifs is 6. The molecule has 0 spiro atoms. The van der Waals surface area contributed by atoms with Crippen LogP contribution in [0.15, 0.2) is 30.9 Å². The number of carbonyl (C=O) groups is 1. The van der Waals surface area contributed by atoms with Crippen molar-refractivity contribution in [1.29, 1.82) is 0 Å². The lowest BCUT2D eigenvalue weighted by Gasteiger charge is -2.49. The first-order valence-corrected chi connectivity index (χ1v) is 15.7. The van der Waals surface area contributed by atoms with Crippen molar-refractivity contribution in [3.05, 3.63) is 53.2 Å². The number of aromatic nitrogens is 1. The van der Waals surface area contributed by atoms with Crippen LogP contribution in [0, 0.1) is 0 Å². The fraction of sp³-hybridized carbons (Fsp3) is 0.576. The van der Waals surface area contributed by atoms with E-state index in [4.69, 9.17) is 14.5 Å².